The first-order chi connectivity index (χ1) is 12.6. The number of aryl methyl sites for hydroxylation is 2. The summed E-state index contributed by atoms with van der Waals surface area (Å²) in [6.45, 7) is 3.96. The molecule has 0 aliphatic rings. The van der Waals surface area contributed by atoms with E-state index in [0.29, 0.717) is 5.69 Å². The minimum Gasteiger partial charge on any atom is -0.495 e. The molecular weight excluding hydrogens is 326 g/mol. The van der Waals surface area contributed by atoms with Gasteiger partial charge in [0.05, 0.1) is 12.8 Å². The van der Waals surface area contributed by atoms with Crippen molar-refractivity contribution >= 4 is 23.0 Å². The van der Waals surface area contributed by atoms with E-state index in [0.717, 1.165) is 33.9 Å². The fourth-order valence-corrected chi connectivity index (χ4v) is 2.61. The molecule has 0 atom stereocenters. The van der Waals surface area contributed by atoms with Gasteiger partial charge < -0.3 is 15.4 Å². The van der Waals surface area contributed by atoms with E-state index < -0.39 is 0 Å². The third-order valence-corrected chi connectivity index (χ3v) is 4.02. The van der Waals surface area contributed by atoms with Gasteiger partial charge in [-0.05, 0) is 55.3 Å². The Balaban J connectivity index is 1.81. The van der Waals surface area contributed by atoms with Crippen molar-refractivity contribution in [3.63, 3.8) is 0 Å². The molecule has 0 bridgehead atoms. The maximum absolute atomic E-state index is 12.5. The molecule has 0 saturated carbocycles. The number of hydrogen-bond acceptors (Lipinski definition) is 4. The normalized spacial score (nSPS) is 10.3. The van der Waals surface area contributed by atoms with Gasteiger partial charge in [0.2, 0.25) is 0 Å². The first-order valence-corrected chi connectivity index (χ1v) is 8.31. The molecule has 0 spiro atoms. The summed E-state index contributed by atoms with van der Waals surface area (Å²) >= 11 is 0. The number of aromatic nitrogens is 1. The molecule has 0 aliphatic heterocycles. The highest BCUT2D eigenvalue weighted by Crippen LogP contribution is 2.28. The predicted molar refractivity (Wildman–Crippen MR) is 104 cm³/mol. The second-order valence-corrected chi connectivity index (χ2v) is 6.03. The number of benzene rings is 2. The van der Waals surface area contributed by atoms with Crippen LogP contribution in [0.1, 0.15) is 21.6 Å². The lowest BCUT2D eigenvalue weighted by molar-refractivity contribution is 0.102. The molecule has 3 aromatic rings. The molecule has 0 radical (unpaired) electrons. The third kappa shape index (κ3) is 4.00. The Kier molecular flexibility index (Phi) is 5.17. The standard InChI is InChI=1S/C21H21N3O2/c1-14-8-9-20(26-3)18(12-14)23-16-10-11-22-19(13-16)21(25)24-17-7-5-4-6-15(17)2/h4-13H,1-3H3,(H,22,23)(H,24,25). The quantitative estimate of drug-likeness (QED) is 0.702. The first kappa shape index (κ1) is 17.5. The number of amides is 1. The van der Waals surface area contributed by atoms with Crippen molar-refractivity contribution in [2.75, 3.05) is 17.7 Å². The molecule has 2 aromatic carbocycles. The Morgan fingerprint density at radius 1 is 1.00 bits per heavy atom. The average molecular weight is 347 g/mol. The van der Waals surface area contributed by atoms with Crippen molar-refractivity contribution in [2.45, 2.75) is 13.8 Å². The highest BCUT2D eigenvalue weighted by atomic mass is 16.5. The first-order valence-electron chi connectivity index (χ1n) is 8.31. The molecule has 0 saturated heterocycles. The van der Waals surface area contributed by atoms with E-state index in [2.05, 4.69) is 15.6 Å². The van der Waals surface area contributed by atoms with E-state index in [-0.39, 0.29) is 5.91 Å². The monoisotopic (exact) mass is 347 g/mol. The van der Waals surface area contributed by atoms with Crippen molar-refractivity contribution in [1.82, 2.24) is 4.98 Å². The van der Waals surface area contributed by atoms with Gasteiger partial charge in [0, 0.05) is 17.6 Å². The van der Waals surface area contributed by atoms with Crippen LogP contribution in [0.25, 0.3) is 0 Å². The number of rotatable bonds is 5. The van der Waals surface area contributed by atoms with Crippen LogP contribution in [-0.2, 0) is 0 Å². The Bertz CT molecular complexity index is 938. The lowest BCUT2D eigenvalue weighted by Crippen LogP contribution is -2.14. The van der Waals surface area contributed by atoms with Crippen molar-refractivity contribution in [1.29, 1.82) is 0 Å². The molecule has 1 amide bonds. The van der Waals surface area contributed by atoms with Crippen molar-refractivity contribution in [3.05, 3.63) is 77.6 Å². The topological polar surface area (TPSA) is 63.2 Å². The zero-order valence-electron chi connectivity index (χ0n) is 15.0. The molecule has 0 unspecified atom stereocenters. The highest BCUT2D eigenvalue weighted by molar-refractivity contribution is 6.03. The van der Waals surface area contributed by atoms with Crippen LogP contribution in [-0.4, -0.2) is 18.0 Å². The molecule has 5 nitrogen and oxygen atoms in total. The van der Waals surface area contributed by atoms with Crippen LogP contribution >= 0.6 is 0 Å². The third-order valence-electron chi connectivity index (χ3n) is 4.02. The van der Waals surface area contributed by atoms with E-state index in [1.165, 1.54) is 0 Å². The van der Waals surface area contributed by atoms with Gasteiger partial charge in [-0.1, -0.05) is 24.3 Å². The van der Waals surface area contributed by atoms with Crippen molar-refractivity contribution < 1.29 is 9.53 Å². The predicted octanol–water partition coefficient (Wildman–Crippen LogP) is 4.70. The minimum atomic E-state index is -0.251. The van der Waals surface area contributed by atoms with Crippen molar-refractivity contribution in [2.24, 2.45) is 0 Å². The van der Waals surface area contributed by atoms with Crippen molar-refractivity contribution in [3.8, 4) is 5.75 Å². The SMILES string of the molecule is COc1ccc(C)cc1Nc1ccnc(C(=O)Nc2ccccc2C)c1. The van der Waals surface area contributed by atoms with E-state index in [9.17, 15) is 4.79 Å². The molecular formula is C21H21N3O2. The van der Waals surface area contributed by atoms with E-state index in [1.807, 2.05) is 62.4 Å². The van der Waals surface area contributed by atoms with Crippen LogP contribution in [0, 0.1) is 13.8 Å². The molecule has 2 N–H and O–H groups in total. The number of pyridine rings is 1. The summed E-state index contributed by atoms with van der Waals surface area (Å²) in [6.07, 6.45) is 1.61. The Morgan fingerprint density at radius 3 is 2.58 bits per heavy atom. The van der Waals surface area contributed by atoms with Gasteiger partial charge in [-0.25, -0.2) is 0 Å². The van der Waals surface area contributed by atoms with Crippen LogP contribution in [0.5, 0.6) is 5.75 Å². The summed E-state index contributed by atoms with van der Waals surface area (Å²) in [5.41, 5.74) is 4.82. The minimum absolute atomic E-state index is 0.251. The Labute approximate surface area is 153 Å². The average Bonchev–Trinajstić information content (AvgIpc) is 2.64. The number of para-hydroxylation sites is 1. The highest BCUT2D eigenvalue weighted by Gasteiger charge is 2.11. The van der Waals surface area contributed by atoms with Crippen LogP contribution < -0.4 is 15.4 Å². The van der Waals surface area contributed by atoms with Crippen LogP contribution in [0.15, 0.2) is 60.8 Å². The lowest BCUT2D eigenvalue weighted by Gasteiger charge is -2.13. The summed E-state index contributed by atoms with van der Waals surface area (Å²) in [5, 5.41) is 6.19. The summed E-state index contributed by atoms with van der Waals surface area (Å²) < 4.78 is 5.38. The number of methoxy groups -OCH3 is 1. The Morgan fingerprint density at radius 2 is 1.81 bits per heavy atom. The number of anilines is 3. The van der Waals surface area contributed by atoms with E-state index >= 15 is 0 Å². The molecule has 3 rings (SSSR count). The number of ether oxygens (including phenoxy) is 1. The van der Waals surface area contributed by atoms with Gasteiger partial charge >= 0.3 is 0 Å². The zero-order chi connectivity index (χ0) is 18.5. The molecule has 0 fully saturated rings. The van der Waals surface area contributed by atoms with Gasteiger partial charge in [0.25, 0.3) is 5.91 Å². The molecule has 1 heterocycles. The van der Waals surface area contributed by atoms with Gasteiger partial charge in [0.15, 0.2) is 0 Å². The number of carbonyl (C=O) groups excluding carboxylic acids is 1. The largest absolute Gasteiger partial charge is 0.495 e. The van der Waals surface area contributed by atoms with E-state index in [4.69, 9.17) is 4.74 Å². The molecule has 5 heteroatoms. The number of hydrogen-bond donors (Lipinski definition) is 2. The molecule has 1 aromatic heterocycles. The number of carbonyl (C=O) groups is 1. The fourth-order valence-electron chi connectivity index (χ4n) is 2.61. The zero-order valence-corrected chi connectivity index (χ0v) is 15.0. The molecule has 26 heavy (non-hydrogen) atoms. The second-order valence-electron chi connectivity index (χ2n) is 6.03. The van der Waals surface area contributed by atoms with Crippen LogP contribution in [0.4, 0.5) is 17.1 Å². The van der Waals surface area contributed by atoms with Gasteiger partial charge in [0.1, 0.15) is 11.4 Å². The molecule has 132 valence electrons. The number of nitrogens with one attached hydrogen (secondary N) is 2. The van der Waals surface area contributed by atoms with Gasteiger partial charge in [-0.15, -0.1) is 0 Å². The maximum atomic E-state index is 12.5. The van der Waals surface area contributed by atoms with Crippen LogP contribution in [0.3, 0.4) is 0 Å². The fraction of sp³-hybridized carbons (Fsp3) is 0.143. The summed E-state index contributed by atoms with van der Waals surface area (Å²) in [5.74, 6) is 0.484. The number of nitrogens with zero attached hydrogens (tertiary/aromatic N) is 1. The summed E-state index contributed by atoms with van der Waals surface area (Å²) in [6, 6.07) is 17.1. The van der Waals surface area contributed by atoms with Gasteiger partial charge in [-0.2, -0.15) is 0 Å². The second kappa shape index (κ2) is 7.70. The summed E-state index contributed by atoms with van der Waals surface area (Å²) in [7, 11) is 1.63. The molecule has 0 aliphatic carbocycles. The lowest BCUT2D eigenvalue weighted by atomic mass is 10.2. The summed E-state index contributed by atoms with van der Waals surface area (Å²) in [4.78, 5) is 16.7. The van der Waals surface area contributed by atoms with E-state index in [1.54, 1.807) is 19.4 Å². The maximum Gasteiger partial charge on any atom is 0.274 e. The Hall–Kier alpha value is -3.34. The van der Waals surface area contributed by atoms with Crippen LogP contribution in [0.2, 0.25) is 0 Å². The van der Waals surface area contributed by atoms with Gasteiger partial charge in [-0.3, -0.25) is 9.78 Å². The smallest absolute Gasteiger partial charge is 0.274 e.